The van der Waals surface area contributed by atoms with E-state index in [1.165, 1.54) is 31.4 Å². The number of urea groups is 1. The summed E-state index contributed by atoms with van der Waals surface area (Å²) < 4.78 is 18.0. The zero-order chi connectivity index (χ0) is 21.8. The van der Waals surface area contributed by atoms with E-state index in [0.717, 1.165) is 4.90 Å². The summed E-state index contributed by atoms with van der Waals surface area (Å²) in [7, 11) is 1.22. The highest BCUT2D eigenvalue weighted by Crippen LogP contribution is 2.32. The first-order valence-electron chi connectivity index (χ1n) is 9.47. The maximum Gasteiger partial charge on any atom is 0.328 e. The standard InChI is InChI=1S/C20H26FN3O5/c1-5-12(3)16(17(26)29-4)22-15(25)11-24-18(27)20(6-2,23-19(24)28)13-7-9-14(21)10-8-13/h7-10,12,16H,5-6,11H2,1-4H3,(H,22,25)(H,23,28)/t12-,16-,20-/m1/s1. The van der Waals surface area contributed by atoms with Crippen molar-refractivity contribution >= 4 is 23.8 Å². The van der Waals surface area contributed by atoms with E-state index in [4.69, 9.17) is 4.74 Å². The summed E-state index contributed by atoms with van der Waals surface area (Å²) in [6, 6.07) is 3.65. The maximum atomic E-state index is 13.3. The Morgan fingerprint density at radius 3 is 2.38 bits per heavy atom. The molecule has 1 saturated heterocycles. The Morgan fingerprint density at radius 2 is 1.86 bits per heavy atom. The van der Waals surface area contributed by atoms with Gasteiger partial charge in [0, 0.05) is 0 Å². The number of hydrogen-bond donors (Lipinski definition) is 2. The molecule has 0 saturated carbocycles. The van der Waals surface area contributed by atoms with Gasteiger partial charge in [-0.3, -0.25) is 14.5 Å². The van der Waals surface area contributed by atoms with E-state index in [-0.39, 0.29) is 12.3 Å². The minimum absolute atomic E-state index is 0.191. The van der Waals surface area contributed by atoms with Crippen molar-refractivity contribution in [2.45, 2.75) is 45.2 Å². The highest BCUT2D eigenvalue weighted by Gasteiger charge is 2.51. The number of esters is 1. The number of nitrogens with one attached hydrogen (secondary N) is 2. The highest BCUT2D eigenvalue weighted by atomic mass is 19.1. The Balaban J connectivity index is 2.19. The average molecular weight is 407 g/mol. The average Bonchev–Trinajstić information content (AvgIpc) is 2.96. The van der Waals surface area contributed by atoms with Crippen molar-refractivity contribution in [2.24, 2.45) is 5.92 Å². The smallest absolute Gasteiger partial charge is 0.328 e. The van der Waals surface area contributed by atoms with Crippen molar-refractivity contribution in [1.29, 1.82) is 0 Å². The molecule has 158 valence electrons. The summed E-state index contributed by atoms with van der Waals surface area (Å²) in [6.45, 7) is 4.81. The fourth-order valence-corrected chi connectivity index (χ4v) is 3.30. The van der Waals surface area contributed by atoms with Crippen LogP contribution < -0.4 is 10.6 Å². The van der Waals surface area contributed by atoms with Gasteiger partial charge in [-0.25, -0.2) is 14.0 Å². The second-order valence-electron chi connectivity index (χ2n) is 7.04. The summed E-state index contributed by atoms with van der Waals surface area (Å²) in [6.07, 6.45) is 0.839. The molecule has 0 unspecified atom stereocenters. The topological polar surface area (TPSA) is 105 Å². The van der Waals surface area contributed by atoms with Gasteiger partial charge in [-0.05, 0) is 30.0 Å². The number of nitrogens with zero attached hydrogens (tertiary/aromatic N) is 1. The van der Waals surface area contributed by atoms with Crippen LogP contribution in [0.15, 0.2) is 24.3 Å². The zero-order valence-corrected chi connectivity index (χ0v) is 17.0. The van der Waals surface area contributed by atoms with Crippen LogP contribution >= 0.6 is 0 Å². The molecule has 1 aromatic carbocycles. The fourth-order valence-electron chi connectivity index (χ4n) is 3.30. The molecule has 3 atom stereocenters. The third kappa shape index (κ3) is 4.38. The van der Waals surface area contributed by atoms with Crippen LogP contribution in [0.25, 0.3) is 0 Å². The molecular weight excluding hydrogens is 381 g/mol. The second kappa shape index (κ2) is 9.02. The molecule has 2 N–H and O–H groups in total. The van der Waals surface area contributed by atoms with Gasteiger partial charge < -0.3 is 15.4 Å². The van der Waals surface area contributed by atoms with Gasteiger partial charge in [0.05, 0.1) is 7.11 Å². The number of rotatable bonds is 8. The molecule has 0 aromatic heterocycles. The monoisotopic (exact) mass is 407 g/mol. The number of benzene rings is 1. The first-order valence-corrected chi connectivity index (χ1v) is 9.47. The third-order valence-corrected chi connectivity index (χ3v) is 5.33. The molecule has 29 heavy (non-hydrogen) atoms. The molecule has 2 rings (SSSR count). The number of methoxy groups -OCH3 is 1. The van der Waals surface area contributed by atoms with Crippen LogP contribution in [0.3, 0.4) is 0 Å². The normalized spacial score (nSPS) is 20.8. The molecule has 1 aromatic rings. The second-order valence-corrected chi connectivity index (χ2v) is 7.04. The number of ether oxygens (including phenoxy) is 1. The fraction of sp³-hybridized carbons (Fsp3) is 0.500. The van der Waals surface area contributed by atoms with Crippen LogP contribution in [0.2, 0.25) is 0 Å². The van der Waals surface area contributed by atoms with Gasteiger partial charge in [-0.1, -0.05) is 39.3 Å². The van der Waals surface area contributed by atoms with Gasteiger partial charge in [-0.15, -0.1) is 0 Å². The lowest BCUT2D eigenvalue weighted by molar-refractivity contribution is -0.146. The van der Waals surface area contributed by atoms with Crippen LogP contribution in [0.1, 0.15) is 39.2 Å². The Morgan fingerprint density at radius 1 is 1.24 bits per heavy atom. The molecule has 4 amide bonds. The van der Waals surface area contributed by atoms with Crippen molar-refractivity contribution in [3.05, 3.63) is 35.6 Å². The molecule has 1 fully saturated rings. The Hall–Kier alpha value is -2.97. The van der Waals surface area contributed by atoms with Crippen molar-refractivity contribution in [3.8, 4) is 0 Å². The maximum absolute atomic E-state index is 13.3. The lowest BCUT2D eigenvalue weighted by Crippen LogP contribution is -2.50. The molecule has 8 nitrogen and oxygen atoms in total. The number of hydrogen-bond acceptors (Lipinski definition) is 5. The Labute approximate surface area is 168 Å². The number of carbonyl (C=O) groups is 4. The van der Waals surface area contributed by atoms with Crippen LogP contribution in [0, 0.1) is 11.7 Å². The number of halogens is 1. The minimum Gasteiger partial charge on any atom is -0.467 e. The van der Waals surface area contributed by atoms with E-state index in [0.29, 0.717) is 12.0 Å². The molecule has 1 aliphatic heterocycles. The SMILES string of the molecule is CC[C@@H](C)[C@@H](NC(=O)CN1C(=O)N[C@](CC)(c2ccc(F)cc2)C1=O)C(=O)OC. The van der Waals surface area contributed by atoms with E-state index in [9.17, 15) is 23.6 Å². The first-order chi connectivity index (χ1) is 13.7. The molecule has 1 heterocycles. The van der Waals surface area contributed by atoms with Gasteiger partial charge in [0.2, 0.25) is 5.91 Å². The number of imide groups is 1. The predicted molar refractivity (Wildman–Crippen MR) is 102 cm³/mol. The molecule has 9 heteroatoms. The van der Waals surface area contributed by atoms with E-state index in [1.807, 2.05) is 6.92 Å². The Bertz CT molecular complexity index is 798. The van der Waals surface area contributed by atoms with Crippen LogP contribution in [0.4, 0.5) is 9.18 Å². The summed E-state index contributed by atoms with van der Waals surface area (Å²) in [5.74, 6) is -2.52. The van der Waals surface area contributed by atoms with Crippen LogP contribution in [-0.4, -0.2) is 48.4 Å². The molecule has 0 radical (unpaired) electrons. The van der Waals surface area contributed by atoms with E-state index >= 15 is 0 Å². The largest absolute Gasteiger partial charge is 0.467 e. The lowest BCUT2D eigenvalue weighted by atomic mass is 9.87. The molecule has 0 spiro atoms. The van der Waals surface area contributed by atoms with E-state index in [1.54, 1.807) is 13.8 Å². The van der Waals surface area contributed by atoms with Crippen LogP contribution in [0.5, 0.6) is 0 Å². The molecule has 0 aliphatic carbocycles. The summed E-state index contributed by atoms with van der Waals surface area (Å²) in [5.41, 5.74) is -0.946. The molecular formula is C20H26FN3O5. The van der Waals surface area contributed by atoms with E-state index < -0.39 is 47.8 Å². The van der Waals surface area contributed by atoms with E-state index in [2.05, 4.69) is 10.6 Å². The van der Waals surface area contributed by atoms with Crippen molar-refractivity contribution in [2.75, 3.05) is 13.7 Å². The van der Waals surface area contributed by atoms with Gasteiger partial charge in [-0.2, -0.15) is 0 Å². The minimum atomic E-state index is -1.37. The van der Waals surface area contributed by atoms with Crippen molar-refractivity contribution in [1.82, 2.24) is 15.5 Å². The zero-order valence-electron chi connectivity index (χ0n) is 17.0. The van der Waals surface area contributed by atoms with Gasteiger partial charge in [0.1, 0.15) is 23.9 Å². The lowest BCUT2D eigenvalue weighted by Gasteiger charge is -2.26. The number of amides is 4. The van der Waals surface area contributed by atoms with Gasteiger partial charge in [0.25, 0.3) is 5.91 Å². The van der Waals surface area contributed by atoms with Crippen LogP contribution in [-0.2, 0) is 24.7 Å². The first kappa shape index (κ1) is 22.3. The van der Waals surface area contributed by atoms with Crippen molar-refractivity contribution < 1.29 is 28.3 Å². The molecule has 0 bridgehead atoms. The summed E-state index contributed by atoms with van der Waals surface area (Å²) in [5, 5.41) is 5.16. The third-order valence-electron chi connectivity index (χ3n) is 5.33. The highest BCUT2D eigenvalue weighted by molar-refractivity contribution is 6.09. The summed E-state index contributed by atoms with van der Waals surface area (Å²) >= 11 is 0. The van der Waals surface area contributed by atoms with Crippen molar-refractivity contribution in [3.63, 3.8) is 0 Å². The number of carbonyl (C=O) groups excluding carboxylic acids is 4. The van der Waals surface area contributed by atoms with Gasteiger partial charge in [0.15, 0.2) is 0 Å². The Kier molecular flexibility index (Phi) is 6.94. The van der Waals surface area contributed by atoms with Gasteiger partial charge >= 0.3 is 12.0 Å². The molecule has 1 aliphatic rings. The predicted octanol–water partition coefficient (Wildman–Crippen LogP) is 1.69. The quantitative estimate of drug-likeness (QED) is 0.504. The summed E-state index contributed by atoms with van der Waals surface area (Å²) in [4.78, 5) is 50.7.